The van der Waals surface area contributed by atoms with Gasteiger partial charge in [-0.3, -0.25) is 4.79 Å². The Kier molecular flexibility index (Phi) is 7.02. The van der Waals surface area contributed by atoms with Crippen molar-refractivity contribution in [2.75, 3.05) is 26.8 Å². The zero-order chi connectivity index (χ0) is 26.2. The molecule has 10 heteroatoms. The van der Waals surface area contributed by atoms with E-state index in [9.17, 15) is 4.79 Å². The summed E-state index contributed by atoms with van der Waals surface area (Å²) >= 11 is 6.51. The van der Waals surface area contributed by atoms with Crippen LogP contribution in [0.15, 0.2) is 42.6 Å². The van der Waals surface area contributed by atoms with Crippen LogP contribution in [0.25, 0.3) is 11.1 Å². The molecule has 0 bridgehead atoms. The fourth-order valence-electron chi connectivity index (χ4n) is 5.29. The number of hydrogen-bond acceptors (Lipinski definition) is 6. The molecule has 0 saturated carbocycles. The lowest BCUT2D eigenvalue weighted by Gasteiger charge is -2.35. The number of aliphatic hydroxyl groups excluding tert-OH is 1. The number of hydrogen-bond donors (Lipinski definition) is 3. The lowest BCUT2D eigenvalue weighted by Crippen LogP contribution is -2.48. The van der Waals surface area contributed by atoms with Gasteiger partial charge in [0.15, 0.2) is 11.4 Å². The maximum Gasteiger partial charge on any atom is 0.253 e. The number of aromatic nitrogens is 1. The molecular weight excluding hydrogens is 504 g/mol. The van der Waals surface area contributed by atoms with Crippen LogP contribution in [0.4, 0.5) is 8.78 Å². The summed E-state index contributed by atoms with van der Waals surface area (Å²) in [5.74, 6) is -2.63. The first kappa shape index (κ1) is 25.4. The minimum Gasteiger partial charge on any atom is -0.480 e. The van der Waals surface area contributed by atoms with Crippen LogP contribution in [0.2, 0.25) is 5.02 Å². The second-order valence-corrected chi connectivity index (χ2v) is 9.40. The topological polar surface area (TPSA) is 92.7 Å². The van der Waals surface area contributed by atoms with Crippen LogP contribution in [0, 0.1) is 11.6 Å². The second-order valence-electron chi connectivity index (χ2n) is 9.02. The highest BCUT2D eigenvalue weighted by Crippen LogP contribution is 2.52. The normalized spacial score (nSPS) is 20.4. The van der Waals surface area contributed by atoms with Crippen LogP contribution >= 0.6 is 11.6 Å². The second kappa shape index (κ2) is 10.2. The summed E-state index contributed by atoms with van der Waals surface area (Å²) in [6.45, 7) is 0.225. The summed E-state index contributed by atoms with van der Waals surface area (Å²) in [5.41, 5.74) is 0.116. The van der Waals surface area contributed by atoms with Gasteiger partial charge < -0.3 is 25.2 Å². The Morgan fingerprint density at radius 2 is 2.11 bits per heavy atom. The molecule has 2 aliphatic rings. The van der Waals surface area contributed by atoms with Crippen LogP contribution in [-0.4, -0.2) is 48.8 Å². The van der Waals surface area contributed by atoms with E-state index in [2.05, 4.69) is 15.6 Å². The molecule has 0 radical (unpaired) electrons. The summed E-state index contributed by atoms with van der Waals surface area (Å²) in [6.07, 6.45) is 3.20. The highest BCUT2D eigenvalue weighted by atomic mass is 35.5. The number of nitrogens with zero attached hydrogens (tertiary/aromatic N) is 1. The van der Waals surface area contributed by atoms with Crippen LogP contribution < -0.4 is 20.1 Å². The average molecular weight is 530 g/mol. The van der Waals surface area contributed by atoms with Gasteiger partial charge in [0, 0.05) is 42.4 Å². The van der Waals surface area contributed by atoms with Crippen molar-refractivity contribution < 1.29 is 28.2 Å². The molecule has 194 valence electrons. The van der Waals surface area contributed by atoms with Crippen molar-refractivity contribution in [3.63, 3.8) is 0 Å². The largest absolute Gasteiger partial charge is 0.480 e. The lowest BCUT2D eigenvalue weighted by atomic mass is 9.80. The number of benzene rings is 2. The van der Waals surface area contributed by atoms with E-state index in [0.29, 0.717) is 5.56 Å². The van der Waals surface area contributed by atoms with E-state index < -0.39 is 29.0 Å². The number of amides is 1. The lowest BCUT2D eigenvalue weighted by molar-refractivity contribution is 0.0539. The maximum absolute atomic E-state index is 16.0. The molecule has 2 atom stereocenters. The van der Waals surface area contributed by atoms with Gasteiger partial charge in [0.2, 0.25) is 0 Å². The minimum atomic E-state index is -0.986. The molecular formula is C27H26ClF2N3O4. The van der Waals surface area contributed by atoms with Crippen molar-refractivity contribution in [2.45, 2.75) is 30.9 Å². The number of carbonyl (C=O) groups excluding carboxylic acids is 1. The number of halogens is 3. The van der Waals surface area contributed by atoms with E-state index >= 15 is 8.78 Å². The van der Waals surface area contributed by atoms with Crippen molar-refractivity contribution >= 4 is 17.5 Å². The number of ether oxygens (including phenoxy) is 2. The first-order chi connectivity index (χ1) is 17.9. The molecule has 37 heavy (non-hydrogen) atoms. The Morgan fingerprint density at radius 3 is 2.78 bits per heavy atom. The van der Waals surface area contributed by atoms with E-state index in [1.807, 2.05) is 30.3 Å². The van der Waals surface area contributed by atoms with Gasteiger partial charge in [-0.25, -0.2) is 13.8 Å². The summed E-state index contributed by atoms with van der Waals surface area (Å²) in [6, 6.07) is 10.7. The molecule has 3 heterocycles. The number of aliphatic hydroxyl groups is 1. The van der Waals surface area contributed by atoms with Crippen molar-refractivity contribution in [1.82, 2.24) is 15.6 Å². The van der Waals surface area contributed by atoms with Crippen LogP contribution in [-0.2, 0) is 12.0 Å². The van der Waals surface area contributed by atoms with Crippen molar-refractivity contribution in [3.05, 3.63) is 75.9 Å². The molecule has 1 saturated heterocycles. The highest BCUT2D eigenvalue weighted by Gasteiger charge is 2.50. The Labute approximate surface area is 217 Å². The van der Waals surface area contributed by atoms with E-state index in [0.717, 1.165) is 31.1 Å². The van der Waals surface area contributed by atoms with E-state index in [4.69, 9.17) is 26.2 Å². The average Bonchev–Trinajstić information content (AvgIpc) is 3.58. The van der Waals surface area contributed by atoms with E-state index in [1.54, 1.807) is 0 Å². The SMILES string of the molecule is CNC(=O)c1cnc(OCCO)c(F)c1-c1c(Cl)c(F)cc2c1C[C@](c1ccccc1)(C1CCCN1)O2. The minimum absolute atomic E-state index is 0.0137. The molecule has 0 spiro atoms. The van der Waals surface area contributed by atoms with Gasteiger partial charge in [-0.15, -0.1) is 0 Å². The van der Waals surface area contributed by atoms with Gasteiger partial charge >= 0.3 is 0 Å². The third-order valence-corrected chi connectivity index (χ3v) is 7.31. The molecule has 1 fully saturated rings. The van der Waals surface area contributed by atoms with Gasteiger partial charge in [-0.2, -0.15) is 0 Å². The fraction of sp³-hybridized carbons (Fsp3) is 0.333. The molecule has 7 nitrogen and oxygen atoms in total. The molecule has 1 aromatic heterocycles. The number of fused-ring (bicyclic) bond motifs is 1. The molecule has 1 unspecified atom stereocenters. The summed E-state index contributed by atoms with van der Waals surface area (Å²) < 4.78 is 43.0. The van der Waals surface area contributed by atoms with Gasteiger partial charge in [-0.1, -0.05) is 41.9 Å². The quantitative estimate of drug-likeness (QED) is 0.428. The first-order valence-corrected chi connectivity index (χ1v) is 12.4. The number of pyridine rings is 1. The summed E-state index contributed by atoms with van der Waals surface area (Å²) in [4.78, 5) is 16.7. The monoisotopic (exact) mass is 529 g/mol. The molecule has 0 aliphatic carbocycles. The first-order valence-electron chi connectivity index (χ1n) is 12.0. The Hall–Kier alpha value is -3.27. The van der Waals surface area contributed by atoms with Crippen LogP contribution in [0.1, 0.15) is 34.3 Å². The summed E-state index contributed by atoms with van der Waals surface area (Å²) in [5, 5.41) is 14.8. The zero-order valence-corrected chi connectivity index (χ0v) is 20.9. The standard InChI is InChI=1S/C27H26ClF2N3O4/c1-31-25(35)17-14-33-26(36-11-10-34)24(30)22(17)21-16-13-27(20-8-5-9-32-20,15-6-3-2-4-7-15)37-19(16)12-18(29)23(21)28/h2-4,6-7,12,14,20,32,34H,5,8-11,13H2,1H3,(H,31,35)/t20?,27-/m0/s1. The molecule has 3 aromatic rings. The Morgan fingerprint density at radius 1 is 1.32 bits per heavy atom. The fourth-order valence-corrected chi connectivity index (χ4v) is 5.55. The van der Waals surface area contributed by atoms with Crippen LogP contribution in [0.3, 0.4) is 0 Å². The maximum atomic E-state index is 16.0. The van der Waals surface area contributed by atoms with Crippen molar-refractivity contribution in [1.29, 1.82) is 0 Å². The van der Waals surface area contributed by atoms with Crippen molar-refractivity contribution in [3.8, 4) is 22.8 Å². The third-order valence-electron chi connectivity index (χ3n) is 6.94. The zero-order valence-electron chi connectivity index (χ0n) is 20.1. The third kappa shape index (κ3) is 4.31. The van der Waals surface area contributed by atoms with Gasteiger partial charge in [-0.05, 0) is 24.9 Å². The molecule has 2 aliphatic heterocycles. The van der Waals surface area contributed by atoms with E-state index in [1.165, 1.54) is 13.1 Å². The van der Waals surface area contributed by atoms with Gasteiger partial charge in [0.05, 0.1) is 23.2 Å². The number of carbonyl (C=O) groups is 1. The molecule has 5 rings (SSSR count). The molecule has 1 amide bonds. The predicted molar refractivity (Wildman–Crippen MR) is 134 cm³/mol. The highest BCUT2D eigenvalue weighted by molar-refractivity contribution is 6.34. The van der Waals surface area contributed by atoms with Crippen molar-refractivity contribution in [2.24, 2.45) is 0 Å². The van der Waals surface area contributed by atoms with Crippen LogP contribution in [0.5, 0.6) is 11.6 Å². The number of rotatable bonds is 7. The molecule has 3 N–H and O–H groups in total. The Balaban J connectivity index is 1.75. The van der Waals surface area contributed by atoms with Gasteiger partial charge in [0.25, 0.3) is 11.8 Å². The van der Waals surface area contributed by atoms with Gasteiger partial charge in [0.1, 0.15) is 18.2 Å². The van der Waals surface area contributed by atoms with E-state index in [-0.39, 0.29) is 53.1 Å². The smallest absolute Gasteiger partial charge is 0.253 e. The Bertz CT molecular complexity index is 1340. The predicted octanol–water partition coefficient (Wildman–Crippen LogP) is 3.99. The summed E-state index contributed by atoms with van der Waals surface area (Å²) in [7, 11) is 1.40. The number of nitrogens with one attached hydrogen (secondary N) is 2. The molecule has 2 aromatic carbocycles.